The lowest BCUT2D eigenvalue weighted by molar-refractivity contribution is -0.383. The summed E-state index contributed by atoms with van der Waals surface area (Å²) in [5.41, 5.74) is 0.366. The fourth-order valence-corrected chi connectivity index (χ4v) is 1.85. The molecule has 0 fully saturated rings. The molecule has 0 aliphatic carbocycles. The Morgan fingerprint density at radius 1 is 1.24 bits per heavy atom. The molecule has 1 amide bonds. The molecule has 116 valence electrons. The maximum atomic E-state index is 11.8. The quantitative estimate of drug-likeness (QED) is 0.553. The Hall–Kier alpha value is -2.31. The van der Waals surface area contributed by atoms with Gasteiger partial charge in [-0.2, -0.15) is 0 Å². The van der Waals surface area contributed by atoms with Crippen LogP contribution in [0.3, 0.4) is 0 Å². The number of anilines is 2. The summed E-state index contributed by atoms with van der Waals surface area (Å²) >= 11 is 0. The van der Waals surface area contributed by atoms with Gasteiger partial charge < -0.3 is 16.0 Å². The molecule has 0 spiro atoms. The predicted molar refractivity (Wildman–Crippen MR) is 83.6 cm³/mol. The summed E-state index contributed by atoms with van der Waals surface area (Å²) in [5, 5.41) is 19.8. The van der Waals surface area contributed by atoms with Gasteiger partial charge >= 0.3 is 5.69 Å². The largest absolute Gasteiger partial charge is 0.380 e. The van der Waals surface area contributed by atoms with Crippen molar-refractivity contribution >= 4 is 23.0 Å². The van der Waals surface area contributed by atoms with Crippen molar-refractivity contribution < 1.29 is 9.72 Å². The zero-order valence-corrected chi connectivity index (χ0v) is 12.8. The number of para-hydroxylation sites is 1. The highest BCUT2D eigenvalue weighted by Crippen LogP contribution is 2.32. The number of carbonyl (C=O) groups is 1. The van der Waals surface area contributed by atoms with Crippen molar-refractivity contribution in [1.29, 1.82) is 0 Å². The van der Waals surface area contributed by atoms with E-state index < -0.39 is 4.92 Å². The molecule has 3 N–H and O–H groups in total. The van der Waals surface area contributed by atoms with Gasteiger partial charge in [-0.25, -0.2) is 0 Å². The summed E-state index contributed by atoms with van der Waals surface area (Å²) in [7, 11) is 0. The molecule has 0 aliphatic rings. The Bertz CT molecular complexity index is 523. The van der Waals surface area contributed by atoms with Gasteiger partial charge in [0.05, 0.1) is 11.5 Å². The van der Waals surface area contributed by atoms with E-state index in [4.69, 9.17) is 0 Å². The molecule has 0 atom stereocenters. The van der Waals surface area contributed by atoms with Gasteiger partial charge in [0, 0.05) is 12.1 Å². The Kier molecular flexibility index (Phi) is 5.52. The number of nitro benzene ring substituents is 1. The molecule has 0 aromatic heterocycles. The maximum absolute atomic E-state index is 11.8. The molecule has 0 heterocycles. The van der Waals surface area contributed by atoms with E-state index in [0.717, 1.165) is 0 Å². The van der Waals surface area contributed by atoms with Crippen LogP contribution in [-0.4, -0.2) is 29.5 Å². The second-order valence-electron chi connectivity index (χ2n) is 5.64. The van der Waals surface area contributed by atoms with E-state index in [2.05, 4.69) is 16.0 Å². The molecular weight excluding hydrogens is 272 g/mol. The summed E-state index contributed by atoms with van der Waals surface area (Å²) in [5.74, 6) is -0.217. The Labute approximate surface area is 124 Å². The molecule has 0 bridgehead atoms. The molecule has 1 aromatic rings. The minimum atomic E-state index is -0.456. The number of nitro groups is 1. The average Bonchev–Trinajstić information content (AvgIpc) is 2.34. The van der Waals surface area contributed by atoms with E-state index in [0.29, 0.717) is 17.9 Å². The zero-order valence-electron chi connectivity index (χ0n) is 12.8. The van der Waals surface area contributed by atoms with Crippen molar-refractivity contribution in [3.63, 3.8) is 0 Å². The normalized spacial score (nSPS) is 10.9. The van der Waals surface area contributed by atoms with Crippen molar-refractivity contribution in [3.8, 4) is 0 Å². The monoisotopic (exact) mass is 294 g/mol. The van der Waals surface area contributed by atoms with E-state index in [1.165, 1.54) is 0 Å². The van der Waals surface area contributed by atoms with Gasteiger partial charge in [-0.15, -0.1) is 0 Å². The fraction of sp³-hybridized carbons (Fsp3) is 0.500. The molecule has 7 heteroatoms. The summed E-state index contributed by atoms with van der Waals surface area (Å²) in [4.78, 5) is 22.5. The number of hydrogen-bond donors (Lipinski definition) is 3. The second kappa shape index (κ2) is 6.92. The Morgan fingerprint density at radius 2 is 1.81 bits per heavy atom. The Balaban J connectivity index is 2.86. The third kappa shape index (κ3) is 5.29. The topological polar surface area (TPSA) is 96.3 Å². The third-order valence-corrected chi connectivity index (χ3v) is 2.54. The third-order valence-electron chi connectivity index (χ3n) is 2.54. The summed E-state index contributed by atoms with van der Waals surface area (Å²) < 4.78 is 0. The second-order valence-corrected chi connectivity index (χ2v) is 5.64. The molecule has 7 nitrogen and oxygen atoms in total. The van der Waals surface area contributed by atoms with Gasteiger partial charge in [0.15, 0.2) is 0 Å². The van der Waals surface area contributed by atoms with Crippen molar-refractivity contribution in [3.05, 3.63) is 28.3 Å². The van der Waals surface area contributed by atoms with Crippen molar-refractivity contribution in [2.75, 3.05) is 23.7 Å². The first-order chi connectivity index (χ1) is 9.74. The molecule has 0 radical (unpaired) electrons. The van der Waals surface area contributed by atoms with Crippen LogP contribution in [-0.2, 0) is 4.79 Å². The molecule has 0 aliphatic heterocycles. The van der Waals surface area contributed by atoms with Gasteiger partial charge in [-0.3, -0.25) is 14.9 Å². The summed E-state index contributed by atoms with van der Waals surface area (Å²) in [6, 6.07) is 4.93. The highest BCUT2D eigenvalue weighted by Gasteiger charge is 2.20. The first-order valence-electron chi connectivity index (χ1n) is 6.80. The number of carbonyl (C=O) groups excluding carboxylic acids is 1. The van der Waals surface area contributed by atoms with Crippen LogP contribution in [0.1, 0.15) is 27.7 Å². The standard InChI is InChI=1S/C14H22N4O3/c1-5-15-10-7-6-8-11(13(10)18(20)21)16-9-12(19)17-14(2,3)4/h6-8,15-16H,5,9H2,1-4H3,(H,17,19). The van der Waals surface area contributed by atoms with Crippen LogP contribution >= 0.6 is 0 Å². The molecule has 0 saturated carbocycles. The predicted octanol–water partition coefficient (Wildman–Crippen LogP) is 2.35. The van der Waals surface area contributed by atoms with E-state index >= 15 is 0 Å². The zero-order chi connectivity index (χ0) is 16.0. The molecule has 21 heavy (non-hydrogen) atoms. The van der Waals surface area contributed by atoms with Crippen LogP contribution < -0.4 is 16.0 Å². The maximum Gasteiger partial charge on any atom is 0.315 e. The highest BCUT2D eigenvalue weighted by molar-refractivity contribution is 5.84. The van der Waals surface area contributed by atoms with Crippen molar-refractivity contribution in [1.82, 2.24) is 5.32 Å². The minimum Gasteiger partial charge on any atom is -0.380 e. The SMILES string of the molecule is CCNc1cccc(NCC(=O)NC(C)(C)C)c1[N+](=O)[O-]. The minimum absolute atomic E-state index is 0.0202. The number of benzene rings is 1. The first-order valence-corrected chi connectivity index (χ1v) is 6.80. The van der Waals surface area contributed by atoms with E-state index in [9.17, 15) is 14.9 Å². The van der Waals surface area contributed by atoms with Gasteiger partial charge in [-0.1, -0.05) is 6.07 Å². The molecule has 1 aromatic carbocycles. The molecular formula is C14H22N4O3. The van der Waals surface area contributed by atoms with Crippen LogP contribution in [0.25, 0.3) is 0 Å². The molecule has 0 unspecified atom stereocenters. The summed E-state index contributed by atoms with van der Waals surface area (Å²) in [6.45, 7) is 8.04. The van der Waals surface area contributed by atoms with Crippen LogP contribution in [0, 0.1) is 10.1 Å². The molecule has 0 saturated heterocycles. The molecule has 1 rings (SSSR count). The number of amides is 1. The van der Waals surface area contributed by atoms with Gasteiger partial charge in [0.25, 0.3) is 0 Å². The lowest BCUT2D eigenvalue weighted by Gasteiger charge is -2.20. The van der Waals surface area contributed by atoms with Gasteiger partial charge in [0.1, 0.15) is 11.4 Å². The van der Waals surface area contributed by atoms with Crippen molar-refractivity contribution in [2.45, 2.75) is 33.2 Å². The summed E-state index contributed by atoms with van der Waals surface area (Å²) in [6.07, 6.45) is 0. The number of rotatable bonds is 6. The number of hydrogen-bond acceptors (Lipinski definition) is 5. The van der Waals surface area contributed by atoms with Gasteiger partial charge in [0.2, 0.25) is 5.91 Å². The van der Waals surface area contributed by atoms with Crippen LogP contribution in [0.15, 0.2) is 18.2 Å². The van der Waals surface area contributed by atoms with E-state index in [-0.39, 0.29) is 23.7 Å². The van der Waals surface area contributed by atoms with E-state index in [1.807, 2.05) is 27.7 Å². The van der Waals surface area contributed by atoms with Crippen LogP contribution in [0.2, 0.25) is 0 Å². The van der Waals surface area contributed by atoms with Crippen LogP contribution in [0.5, 0.6) is 0 Å². The smallest absolute Gasteiger partial charge is 0.315 e. The van der Waals surface area contributed by atoms with Crippen molar-refractivity contribution in [2.24, 2.45) is 0 Å². The highest BCUT2D eigenvalue weighted by atomic mass is 16.6. The number of nitrogens with zero attached hydrogens (tertiary/aromatic N) is 1. The fourth-order valence-electron chi connectivity index (χ4n) is 1.85. The average molecular weight is 294 g/mol. The lowest BCUT2D eigenvalue weighted by Crippen LogP contribution is -2.43. The van der Waals surface area contributed by atoms with E-state index in [1.54, 1.807) is 18.2 Å². The Morgan fingerprint density at radius 3 is 2.29 bits per heavy atom. The lowest BCUT2D eigenvalue weighted by atomic mass is 10.1. The van der Waals surface area contributed by atoms with Crippen LogP contribution in [0.4, 0.5) is 17.1 Å². The first kappa shape index (κ1) is 16.7. The van der Waals surface area contributed by atoms with Gasteiger partial charge in [-0.05, 0) is 39.8 Å². The number of nitrogens with one attached hydrogen (secondary N) is 3.